The van der Waals surface area contributed by atoms with Gasteiger partial charge < -0.3 is 5.32 Å². The number of carbonyl (C=O) groups is 1. The molecule has 0 aliphatic heterocycles. The van der Waals surface area contributed by atoms with Crippen molar-refractivity contribution in [2.45, 2.75) is 4.90 Å². The topological polar surface area (TPSA) is 89.0 Å². The number of fused-ring (bicyclic) bond motifs is 1. The summed E-state index contributed by atoms with van der Waals surface area (Å²) >= 11 is 6.36. The maximum atomic E-state index is 12.6. The van der Waals surface area contributed by atoms with Crippen LogP contribution in [0.1, 0.15) is 10.4 Å². The van der Waals surface area contributed by atoms with Crippen LogP contribution in [0.25, 0.3) is 22.3 Å². The predicted octanol–water partition coefficient (Wildman–Crippen LogP) is 4.61. The lowest BCUT2D eigenvalue weighted by Crippen LogP contribution is -2.12. The van der Waals surface area contributed by atoms with Crippen LogP contribution in [0.2, 0.25) is 5.02 Å². The van der Waals surface area contributed by atoms with Crippen molar-refractivity contribution in [1.29, 1.82) is 0 Å². The van der Waals surface area contributed by atoms with Crippen LogP contribution in [0.3, 0.4) is 0 Å². The molecule has 0 saturated carbocycles. The fraction of sp³-hybridized carbons (Fsp3) is 0.0455. The number of sulfone groups is 1. The van der Waals surface area contributed by atoms with E-state index in [0.717, 1.165) is 17.3 Å². The van der Waals surface area contributed by atoms with Crippen LogP contribution in [-0.2, 0) is 9.84 Å². The SMILES string of the molecule is CS(=O)(=O)c1ccc(C(=O)Nc2ccc(Cl)c(-c3cnc4ccccc4n3)c2)cc1. The number of carbonyl (C=O) groups excluding carboxylic acids is 1. The van der Waals surface area contributed by atoms with Gasteiger partial charge in [-0.3, -0.25) is 9.78 Å². The van der Waals surface area contributed by atoms with Gasteiger partial charge in [-0.15, -0.1) is 0 Å². The number of nitrogens with one attached hydrogen (secondary N) is 1. The van der Waals surface area contributed by atoms with Crippen molar-refractivity contribution in [2.24, 2.45) is 0 Å². The number of rotatable bonds is 4. The van der Waals surface area contributed by atoms with Gasteiger partial charge in [-0.25, -0.2) is 13.4 Å². The molecule has 0 bridgehead atoms. The van der Waals surface area contributed by atoms with E-state index in [-0.39, 0.29) is 10.8 Å². The molecule has 6 nitrogen and oxygen atoms in total. The fourth-order valence-corrected chi connectivity index (χ4v) is 3.79. The molecule has 8 heteroatoms. The Hall–Kier alpha value is -3.29. The Morgan fingerprint density at radius 1 is 0.967 bits per heavy atom. The van der Waals surface area contributed by atoms with E-state index in [9.17, 15) is 13.2 Å². The van der Waals surface area contributed by atoms with E-state index < -0.39 is 9.84 Å². The Labute approximate surface area is 178 Å². The third-order valence-electron chi connectivity index (χ3n) is 4.49. The van der Waals surface area contributed by atoms with Gasteiger partial charge in [0.25, 0.3) is 5.91 Å². The van der Waals surface area contributed by atoms with Crippen molar-refractivity contribution in [3.05, 3.63) is 83.5 Å². The molecule has 0 aliphatic carbocycles. The van der Waals surface area contributed by atoms with Crippen molar-refractivity contribution >= 4 is 44.1 Å². The molecule has 4 aromatic rings. The summed E-state index contributed by atoms with van der Waals surface area (Å²) in [6.45, 7) is 0. The molecule has 0 atom stereocenters. The minimum absolute atomic E-state index is 0.155. The summed E-state index contributed by atoms with van der Waals surface area (Å²) in [5.41, 5.74) is 3.62. The molecule has 1 amide bonds. The summed E-state index contributed by atoms with van der Waals surface area (Å²) in [5, 5.41) is 3.28. The lowest BCUT2D eigenvalue weighted by atomic mass is 10.1. The summed E-state index contributed by atoms with van der Waals surface area (Å²) in [7, 11) is -3.32. The quantitative estimate of drug-likeness (QED) is 0.503. The van der Waals surface area contributed by atoms with Gasteiger partial charge in [-0.2, -0.15) is 0 Å². The van der Waals surface area contributed by atoms with Crippen molar-refractivity contribution in [3.8, 4) is 11.3 Å². The average Bonchev–Trinajstić information content (AvgIpc) is 2.74. The molecule has 0 aliphatic rings. The van der Waals surface area contributed by atoms with E-state index in [1.807, 2.05) is 24.3 Å². The van der Waals surface area contributed by atoms with Crippen molar-refractivity contribution in [1.82, 2.24) is 9.97 Å². The van der Waals surface area contributed by atoms with Gasteiger partial charge in [0.2, 0.25) is 0 Å². The van der Waals surface area contributed by atoms with Crippen LogP contribution in [-0.4, -0.2) is 30.5 Å². The Kier molecular flexibility index (Phi) is 5.24. The summed E-state index contributed by atoms with van der Waals surface area (Å²) in [4.78, 5) is 21.7. The fourth-order valence-electron chi connectivity index (χ4n) is 2.94. The molecule has 3 aromatic carbocycles. The van der Waals surface area contributed by atoms with Crippen LogP contribution < -0.4 is 5.32 Å². The van der Waals surface area contributed by atoms with Gasteiger partial charge in [0.05, 0.1) is 32.8 Å². The highest BCUT2D eigenvalue weighted by Crippen LogP contribution is 2.30. The molecule has 0 spiro atoms. The average molecular weight is 438 g/mol. The largest absolute Gasteiger partial charge is 0.322 e. The second-order valence-corrected chi connectivity index (χ2v) is 9.11. The normalized spacial score (nSPS) is 11.4. The highest BCUT2D eigenvalue weighted by Gasteiger charge is 2.12. The summed E-state index contributed by atoms with van der Waals surface area (Å²) in [6.07, 6.45) is 2.76. The van der Waals surface area contributed by atoms with E-state index in [0.29, 0.717) is 27.5 Å². The van der Waals surface area contributed by atoms with E-state index in [4.69, 9.17) is 11.6 Å². The number of hydrogen-bond acceptors (Lipinski definition) is 5. The molecule has 1 aromatic heterocycles. The number of anilines is 1. The molecule has 150 valence electrons. The zero-order chi connectivity index (χ0) is 21.3. The number of amides is 1. The molecule has 0 fully saturated rings. The number of aromatic nitrogens is 2. The minimum atomic E-state index is -3.32. The second kappa shape index (κ2) is 7.85. The lowest BCUT2D eigenvalue weighted by Gasteiger charge is -2.10. The first-order chi connectivity index (χ1) is 14.3. The Balaban J connectivity index is 1.62. The highest BCUT2D eigenvalue weighted by molar-refractivity contribution is 7.90. The zero-order valence-corrected chi connectivity index (χ0v) is 17.4. The monoisotopic (exact) mass is 437 g/mol. The van der Waals surface area contributed by atoms with Crippen molar-refractivity contribution in [2.75, 3.05) is 11.6 Å². The first kappa shape index (κ1) is 20.0. The van der Waals surface area contributed by atoms with Gasteiger partial charge in [-0.1, -0.05) is 23.7 Å². The van der Waals surface area contributed by atoms with Gasteiger partial charge in [0.15, 0.2) is 9.84 Å². The molecular formula is C22H16ClN3O3S. The number of nitrogens with zero attached hydrogens (tertiary/aromatic N) is 2. The van der Waals surface area contributed by atoms with E-state index in [1.54, 1.807) is 24.4 Å². The number of halogens is 1. The lowest BCUT2D eigenvalue weighted by molar-refractivity contribution is 0.102. The van der Waals surface area contributed by atoms with Crippen LogP contribution in [0, 0.1) is 0 Å². The maximum Gasteiger partial charge on any atom is 0.255 e. The number of hydrogen-bond donors (Lipinski definition) is 1. The third kappa shape index (κ3) is 4.17. The van der Waals surface area contributed by atoms with Crippen LogP contribution in [0.5, 0.6) is 0 Å². The minimum Gasteiger partial charge on any atom is -0.322 e. The van der Waals surface area contributed by atoms with E-state index >= 15 is 0 Å². The summed E-state index contributed by atoms with van der Waals surface area (Å²) < 4.78 is 23.1. The van der Waals surface area contributed by atoms with Crippen LogP contribution in [0.15, 0.2) is 77.8 Å². The molecule has 4 rings (SSSR count). The Morgan fingerprint density at radius 3 is 2.37 bits per heavy atom. The van der Waals surface area contributed by atoms with E-state index in [1.165, 1.54) is 24.3 Å². The van der Waals surface area contributed by atoms with Crippen molar-refractivity contribution < 1.29 is 13.2 Å². The first-order valence-electron chi connectivity index (χ1n) is 8.94. The van der Waals surface area contributed by atoms with Gasteiger partial charge >= 0.3 is 0 Å². The third-order valence-corrected chi connectivity index (χ3v) is 5.95. The summed E-state index contributed by atoms with van der Waals surface area (Å²) in [5.74, 6) is -0.368. The van der Waals surface area contributed by atoms with Gasteiger partial charge in [0, 0.05) is 23.1 Å². The standard InChI is InChI=1S/C22H16ClN3O3S/c1-30(28,29)16-9-6-14(7-10-16)22(27)25-15-8-11-18(23)17(12-15)21-13-24-19-4-2-3-5-20(19)26-21/h2-13H,1H3,(H,25,27). The molecule has 0 saturated heterocycles. The smallest absolute Gasteiger partial charge is 0.255 e. The number of para-hydroxylation sites is 2. The first-order valence-corrected chi connectivity index (χ1v) is 11.2. The van der Waals surface area contributed by atoms with Gasteiger partial charge in [0.1, 0.15) is 0 Å². The molecule has 0 radical (unpaired) electrons. The molecule has 30 heavy (non-hydrogen) atoms. The number of benzene rings is 3. The molecule has 0 unspecified atom stereocenters. The van der Waals surface area contributed by atoms with E-state index in [2.05, 4.69) is 15.3 Å². The van der Waals surface area contributed by atoms with Crippen LogP contribution in [0.4, 0.5) is 5.69 Å². The van der Waals surface area contributed by atoms with Gasteiger partial charge in [-0.05, 0) is 54.6 Å². The summed E-state index contributed by atoms with van der Waals surface area (Å²) in [6, 6.07) is 18.4. The maximum absolute atomic E-state index is 12.6. The highest BCUT2D eigenvalue weighted by atomic mass is 35.5. The molecule has 1 N–H and O–H groups in total. The molecular weight excluding hydrogens is 422 g/mol. The second-order valence-electron chi connectivity index (χ2n) is 6.69. The Bertz CT molecular complexity index is 1370. The zero-order valence-electron chi connectivity index (χ0n) is 15.8. The molecule has 1 heterocycles. The predicted molar refractivity (Wildman–Crippen MR) is 117 cm³/mol. The van der Waals surface area contributed by atoms with Crippen LogP contribution >= 0.6 is 11.6 Å². The van der Waals surface area contributed by atoms with Crippen molar-refractivity contribution in [3.63, 3.8) is 0 Å². The Morgan fingerprint density at radius 2 is 1.67 bits per heavy atom.